The molecule has 0 spiro atoms. The summed E-state index contributed by atoms with van der Waals surface area (Å²) in [6.45, 7) is 3.95. The number of carbonyl (C=O) groups excluding carboxylic acids is 1. The molecule has 0 bridgehead atoms. The van der Waals surface area contributed by atoms with Gasteiger partial charge in [0.2, 0.25) is 0 Å². The van der Waals surface area contributed by atoms with E-state index in [1.807, 2.05) is 44.2 Å². The first-order valence-corrected chi connectivity index (χ1v) is 5.98. The zero-order chi connectivity index (χ0) is 12.0. The quantitative estimate of drug-likeness (QED) is 0.799. The summed E-state index contributed by atoms with van der Waals surface area (Å²) in [4.78, 5) is 12.0. The smallest absolute Gasteiger partial charge is 0.152 e. The SMILES string of the molecule is CCC(N)(CC)C(=O)CCc1ccccc1. The Bertz CT molecular complexity index is 328. The predicted octanol–water partition coefficient (Wildman–Crippen LogP) is 2.71. The van der Waals surface area contributed by atoms with Crippen molar-refractivity contribution < 1.29 is 4.79 Å². The Morgan fingerprint density at radius 3 is 2.25 bits per heavy atom. The van der Waals surface area contributed by atoms with Crippen LogP contribution in [0.5, 0.6) is 0 Å². The lowest BCUT2D eigenvalue weighted by Crippen LogP contribution is -2.46. The molecule has 0 aliphatic heterocycles. The van der Waals surface area contributed by atoms with E-state index in [9.17, 15) is 4.79 Å². The third-order valence-corrected chi connectivity index (χ3v) is 3.30. The summed E-state index contributed by atoms with van der Waals surface area (Å²) in [5, 5.41) is 0. The van der Waals surface area contributed by atoms with Gasteiger partial charge in [-0.1, -0.05) is 44.2 Å². The molecule has 0 saturated carbocycles. The summed E-state index contributed by atoms with van der Waals surface area (Å²) in [7, 11) is 0. The fourth-order valence-electron chi connectivity index (χ4n) is 1.80. The molecular formula is C14H21NO. The average Bonchev–Trinajstić information content (AvgIpc) is 2.36. The summed E-state index contributed by atoms with van der Waals surface area (Å²) in [6.07, 6.45) is 2.77. The molecule has 0 heterocycles. The fraction of sp³-hybridized carbons (Fsp3) is 0.500. The first-order chi connectivity index (χ1) is 7.62. The highest BCUT2D eigenvalue weighted by Crippen LogP contribution is 2.16. The highest BCUT2D eigenvalue weighted by Gasteiger charge is 2.28. The third-order valence-electron chi connectivity index (χ3n) is 3.30. The van der Waals surface area contributed by atoms with Gasteiger partial charge < -0.3 is 5.73 Å². The van der Waals surface area contributed by atoms with Crippen molar-refractivity contribution in [2.24, 2.45) is 5.73 Å². The Hall–Kier alpha value is -1.15. The van der Waals surface area contributed by atoms with Crippen molar-refractivity contribution in [3.8, 4) is 0 Å². The number of hydrogen-bond donors (Lipinski definition) is 1. The maximum Gasteiger partial charge on any atom is 0.152 e. The summed E-state index contributed by atoms with van der Waals surface area (Å²) in [5.74, 6) is 0.182. The zero-order valence-electron chi connectivity index (χ0n) is 10.2. The Kier molecular flexibility index (Phi) is 4.69. The molecule has 0 atom stereocenters. The van der Waals surface area contributed by atoms with Gasteiger partial charge in [0.1, 0.15) is 0 Å². The lowest BCUT2D eigenvalue weighted by molar-refractivity contribution is -0.124. The summed E-state index contributed by atoms with van der Waals surface area (Å²) in [5.41, 5.74) is 6.64. The van der Waals surface area contributed by atoms with E-state index < -0.39 is 5.54 Å². The molecule has 2 heteroatoms. The third kappa shape index (κ3) is 3.17. The molecule has 0 fully saturated rings. The second kappa shape index (κ2) is 5.80. The minimum Gasteiger partial charge on any atom is -0.319 e. The fourth-order valence-corrected chi connectivity index (χ4v) is 1.80. The van der Waals surface area contributed by atoms with Crippen LogP contribution in [-0.4, -0.2) is 11.3 Å². The monoisotopic (exact) mass is 219 g/mol. The normalized spacial score (nSPS) is 11.4. The van der Waals surface area contributed by atoms with Crippen LogP contribution in [0.2, 0.25) is 0 Å². The molecule has 0 aliphatic carbocycles. The van der Waals surface area contributed by atoms with E-state index in [-0.39, 0.29) is 5.78 Å². The Labute approximate surface area is 97.9 Å². The van der Waals surface area contributed by atoms with Gasteiger partial charge in [0, 0.05) is 6.42 Å². The second-order valence-corrected chi connectivity index (χ2v) is 4.27. The molecule has 0 radical (unpaired) electrons. The molecule has 2 N–H and O–H groups in total. The van der Waals surface area contributed by atoms with Gasteiger partial charge in [0.05, 0.1) is 5.54 Å². The maximum absolute atomic E-state index is 12.0. The van der Waals surface area contributed by atoms with Crippen LogP contribution in [0.25, 0.3) is 0 Å². The Morgan fingerprint density at radius 2 is 1.75 bits per heavy atom. The van der Waals surface area contributed by atoms with Crippen molar-refractivity contribution in [1.82, 2.24) is 0 Å². The Balaban J connectivity index is 2.53. The van der Waals surface area contributed by atoms with Crippen LogP contribution in [0, 0.1) is 0 Å². The van der Waals surface area contributed by atoms with Crippen LogP contribution in [0.15, 0.2) is 30.3 Å². The van der Waals surface area contributed by atoms with Crippen LogP contribution >= 0.6 is 0 Å². The minimum atomic E-state index is -0.616. The number of rotatable bonds is 6. The lowest BCUT2D eigenvalue weighted by atomic mass is 9.86. The molecule has 0 saturated heterocycles. The van der Waals surface area contributed by atoms with E-state index >= 15 is 0 Å². The number of aryl methyl sites for hydroxylation is 1. The van der Waals surface area contributed by atoms with Gasteiger partial charge in [-0.2, -0.15) is 0 Å². The van der Waals surface area contributed by atoms with Crippen LogP contribution in [0.1, 0.15) is 38.7 Å². The molecule has 1 aromatic rings. The van der Waals surface area contributed by atoms with Crippen LogP contribution in [-0.2, 0) is 11.2 Å². The molecular weight excluding hydrogens is 198 g/mol. The van der Waals surface area contributed by atoms with E-state index in [4.69, 9.17) is 5.73 Å². The van der Waals surface area contributed by atoms with Gasteiger partial charge in [0.15, 0.2) is 5.78 Å². The highest BCUT2D eigenvalue weighted by molar-refractivity contribution is 5.88. The topological polar surface area (TPSA) is 43.1 Å². The number of benzene rings is 1. The first-order valence-electron chi connectivity index (χ1n) is 5.98. The van der Waals surface area contributed by atoms with E-state index in [0.717, 1.165) is 19.3 Å². The summed E-state index contributed by atoms with van der Waals surface area (Å²) < 4.78 is 0. The van der Waals surface area contributed by atoms with Crippen molar-refractivity contribution in [2.75, 3.05) is 0 Å². The molecule has 88 valence electrons. The van der Waals surface area contributed by atoms with Crippen molar-refractivity contribution in [1.29, 1.82) is 0 Å². The zero-order valence-corrected chi connectivity index (χ0v) is 10.2. The summed E-state index contributed by atoms with van der Waals surface area (Å²) >= 11 is 0. The van der Waals surface area contributed by atoms with Gasteiger partial charge in [-0.3, -0.25) is 4.79 Å². The standard InChI is InChI=1S/C14H21NO/c1-3-14(15,4-2)13(16)11-10-12-8-6-5-7-9-12/h5-9H,3-4,10-11,15H2,1-2H3. The number of ketones is 1. The van der Waals surface area contributed by atoms with Crippen molar-refractivity contribution >= 4 is 5.78 Å². The predicted molar refractivity (Wildman–Crippen MR) is 67.3 cm³/mol. The molecule has 0 amide bonds. The Morgan fingerprint density at radius 1 is 1.19 bits per heavy atom. The van der Waals surface area contributed by atoms with E-state index in [0.29, 0.717) is 6.42 Å². The van der Waals surface area contributed by atoms with Gasteiger partial charge in [-0.25, -0.2) is 0 Å². The van der Waals surface area contributed by atoms with Gasteiger partial charge in [0.25, 0.3) is 0 Å². The number of hydrogen-bond acceptors (Lipinski definition) is 2. The van der Waals surface area contributed by atoms with Gasteiger partial charge in [-0.05, 0) is 24.8 Å². The van der Waals surface area contributed by atoms with Gasteiger partial charge in [-0.15, -0.1) is 0 Å². The molecule has 16 heavy (non-hydrogen) atoms. The van der Waals surface area contributed by atoms with Gasteiger partial charge >= 0.3 is 0 Å². The van der Waals surface area contributed by atoms with Crippen molar-refractivity contribution in [3.05, 3.63) is 35.9 Å². The average molecular weight is 219 g/mol. The molecule has 0 unspecified atom stereocenters. The van der Waals surface area contributed by atoms with Crippen LogP contribution < -0.4 is 5.73 Å². The number of nitrogens with two attached hydrogens (primary N) is 1. The van der Waals surface area contributed by atoms with Crippen LogP contribution in [0.3, 0.4) is 0 Å². The van der Waals surface area contributed by atoms with Crippen LogP contribution in [0.4, 0.5) is 0 Å². The minimum absolute atomic E-state index is 0.182. The molecule has 0 aliphatic rings. The number of Topliss-reactive ketones (excluding diaryl/α,β-unsaturated/α-hetero) is 1. The number of carbonyl (C=O) groups is 1. The van der Waals surface area contributed by atoms with E-state index in [1.165, 1.54) is 5.56 Å². The molecule has 1 aromatic carbocycles. The first kappa shape index (κ1) is 12.9. The van der Waals surface area contributed by atoms with E-state index in [2.05, 4.69) is 0 Å². The van der Waals surface area contributed by atoms with E-state index in [1.54, 1.807) is 0 Å². The van der Waals surface area contributed by atoms with Crippen molar-refractivity contribution in [2.45, 2.75) is 45.1 Å². The maximum atomic E-state index is 12.0. The highest BCUT2D eigenvalue weighted by atomic mass is 16.1. The molecule has 2 nitrogen and oxygen atoms in total. The summed E-state index contributed by atoms with van der Waals surface area (Å²) in [6, 6.07) is 10.1. The lowest BCUT2D eigenvalue weighted by Gasteiger charge is -2.24. The molecule has 1 rings (SSSR count). The van der Waals surface area contributed by atoms with Crippen molar-refractivity contribution in [3.63, 3.8) is 0 Å². The second-order valence-electron chi connectivity index (χ2n) is 4.27. The largest absolute Gasteiger partial charge is 0.319 e. The molecule has 0 aromatic heterocycles.